The van der Waals surface area contributed by atoms with Gasteiger partial charge in [-0.1, -0.05) is 0 Å². The zero-order chi connectivity index (χ0) is 17.3. The number of ether oxygens (including phenoxy) is 1. The normalized spacial score (nSPS) is 14.2. The first kappa shape index (κ1) is 16.7. The van der Waals surface area contributed by atoms with Crippen LogP contribution in [0, 0.1) is 0 Å². The number of hydrogen-bond donors (Lipinski definition) is 1. The topological polar surface area (TPSA) is 104 Å². The van der Waals surface area contributed by atoms with Gasteiger partial charge in [-0.25, -0.2) is 23.0 Å². The van der Waals surface area contributed by atoms with Gasteiger partial charge >= 0.3 is 5.97 Å². The highest BCUT2D eigenvalue weighted by Crippen LogP contribution is 2.27. The molecule has 1 aliphatic rings. The summed E-state index contributed by atoms with van der Waals surface area (Å²) in [7, 11) is -3.74. The van der Waals surface area contributed by atoms with Crippen LogP contribution in [0.4, 0.5) is 0 Å². The third-order valence-electron chi connectivity index (χ3n) is 4.06. The summed E-state index contributed by atoms with van der Waals surface area (Å²) in [6, 6.07) is 6.14. The number of fused-ring (bicyclic) bond motifs is 1. The van der Waals surface area contributed by atoms with Crippen molar-refractivity contribution in [1.82, 2.24) is 9.78 Å². The number of esters is 1. The summed E-state index contributed by atoms with van der Waals surface area (Å²) in [5, 5.41) is 9.56. The number of carbonyl (C=O) groups excluding carboxylic acids is 1. The molecular formula is C16H19N3O4S. The van der Waals surface area contributed by atoms with Crippen molar-refractivity contribution in [2.75, 3.05) is 6.61 Å². The van der Waals surface area contributed by atoms with Crippen molar-refractivity contribution in [2.24, 2.45) is 5.14 Å². The molecule has 2 N–H and O–H groups in total. The number of primary sulfonamides is 1. The van der Waals surface area contributed by atoms with Gasteiger partial charge < -0.3 is 4.74 Å². The second kappa shape index (κ2) is 6.37. The van der Waals surface area contributed by atoms with Crippen LogP contribution in [0.3, 0.4) is 0 Å². The van der Waals surface area contributed by atoms with Crippen LogP contribution >= 0.6 is 0 Å². The number of nitrogens with two attached hydrogens (primary N) is 1. The number of carbonyl (C=O) groups is 1. The van der Waals surface area contributed by atoms with Crippen molar-refractivity contribution in [2.45, 2.75) is 37.5 Å². The van der Waals surface area contributed by atoms with Crippen molar-refractivity contribution >= 4 is 16.0 Å². The predicted octanol–water partition coefficient (Wildman–Crippen LogP) is 1.58. The Kier molecular flexibility index (Phi) is 4.42. The van der Waals surface area contributed by atoms with E-state index in [9.17, 15) is 13.2 Å². The molecule has 3 rings (SSSR count). The molecular weight excluding hydrogens is 330 g/mol. The van der Waals surface area contributed by atoms with Crippen molar-refractivity contribution in [3.8, 4) is 5.69 Å². The molecule has 128 valence electrons. The van der Waals surface area contributed by atoms with E-state index in [2.05, 4.69) is 5.10 Å². The number of sulfonamides is 1. The molecule has 1 aromatic carbocycles. The van der Waals surface area contributed by atoms with E-state index in [0.29, 0.717) is 18.0 Å². The van der Waals surface area contributed by atoms with E-state index in [0.717, 1.165) is 36.9 Å². The van der Waals surface area contributed by atoms with Crippen molar-refractivity contribution in [1.29, 1.82) is 0 Å². The van der Waals surface area contributed by atoms with Gasteiger partial charge in [0.2, 0.25) is 10.0 Å². The highest BCUT2D eigenvalue weighted by molar-refractivity contribution is 7.89. The molecule has 0 amide bonds. The summed E-state index contributed by atoms with van der Waals surface area (Å²) >= 11 is 0. The summed E-state index contributed by atoms with van der Waals surface area (Å²) in [5.74, 6) is -0.421. The van der Waals surface area contributed by atoms with Crippen LogP contribution in [0.25, 0.3) is 5.69 Å². The molecule has 1 aliphatic carbocycles. The van der Waals surface area contributed by atoms with Crippen LogP contribution in [0.1, 0.15) is 41.5 Å². The Balaban J connectivity index is 2.06. The lowest BCUT2D eigenvalue weighted by Crippen LogP contribution is -2.12. The van der Waals surface area contributed by atoms with E-state index < -0.39 is 16.0 Å². The molecule has 0 atom stereocenters. The Bertz CT molecular complexity index is 869. The second-order valence-electron chi connectivity index (χ2n) is 5.65. The van der Waals surface area contributed by atoms with Gasteiger partial charge in [0, 0.05) is 11.3 Å². The van der Waals surface area contributed by atoms with Gasteiger partial charge in [-0.2, -0.15) is 5.10 Å². The molecule has 0 spiro atoms. The quantitative estimate of drug-likeness (QED) is 0.844. The van der Waals surface area contributed by atoms with E-state index in [-0.39, 0.29) is 4.90 Å². The van der Waals surface area contributed by atoms with E-state index in [1.807, 2.05) is 0 Å². The zero-order valence-electron chi connectivity index (χ0n) is 13.4. The van der Waals surface area contributed by atoms with E-state index in [4.69, 9.17) is 9.88 Å². The Morgan fingerprint density at radius 3 is 2.54 bits per heavy atom. The molecule has 24 heavy (non-hydrogen) atoms. The molecule has 1 aromatic heterocycles. The van der Waals surface area contributed by atoms with Crippen LogP contribution in [0.2, 0.25) is 0 Å². The van der Waals surface area contributed by atoms with Crippen molar-refractivity contribution < 1.29 is 17.9 Å². The minimum atomic E-state index is -3.74. The molecule has 0 unspecified atom stereocenters. The Hall–Kier alpha value is -2.19. The van der Waals surface area contributed by atoms with Crippen LogP contribution in [-0.4, -0.2) is 30.8 Å². The van der Waals surface area contributed by atoms with E-state index >= 15 is 0 Å². The summed E-state index contributed by atoms with van der Waals surface area (Å²) in [4.78, 5) is 12.2. The predicted molar refractivity (Wildman–Crippen MR) is 87.5 cm³/mol. The van der Waals surface area contributed by atoms with Gasteiger partial charge in [-0.3, -0.25) is 0 Å². The maximum absolute atomic E-state index is 12.2. The number of nitrogens with zero attached hydrogens (tertiary/aromatic N) is 2. The lowest BCUT2D eigenvalue weighted by molar-refractivity contribution is 0.0517. The molecule has 0 aliphatic heterocycles. The second-order valence-corrected chi connectivity index (χ2v) is 7.21. The number of rotatable bonds is 4. The SMILES string of the molecule is CCOC(=O)c1nn(-c2ccc(S(N)(=O)=O)cc2)c2c1CCCC2. The smallest absolute Gasteiger partial charge is 0.359 e. The zero-order valence-corrected chi connectivity index (χ0v) is 14.2. The Morgan fingerprint density at radius 2 is 1.92 bits per heavy atom. The average Bonchev–Trinajstić information content (AvgIpc) is 2.94. The molecule has 7 nitrogen and oxygen atoms in total. The molecule has 0 fully saturated rings. The summed E-state index contributed by atoms with van der Waals surface area (Å²) in [6.45, 7) is 2.05. The van der Waals surface area contributed by atoms with E-state index in [1.54, 1.807) is 23.7 Å². The monoisotopic (exact) mass is 349 g/mol. The molecule has 2 aromatic rings. The van der Waals surface area contributed by atoms with Gasteiger partial charge in [-0.05, 0) is 56.9 Å². The minimum absolute atomic E-state index is 0.0397. The first-order valence-electron chi connectivity index (χ1n) is 7.83. The van der Waals surface area contributed by atoms with Gasteiger partial charge in [0.1, 0.15) is 0 Å². The molecule has 0 radical (unpaired) electrons. The number of aromatic nitrogens is 2. The molecule has 8 heteroatoms. The highest BCUT2D eigenvalue weighted by Gasteiger charge is 2.26. The van der Waals surface area contributed by atoms with Crippen molar-refractivity contribution in [3.05, 3.63) is 41.2 Å². The van der Waals surface area contributed by atoms with Crippen molar-refractivity contribution in [3.63, 3.8) is 0 Å². The van der Waals surface area contributed by atoms with Crippen LogP contribution in [-0.2, 0) is 27.6 Å². The van der Waals surface area contributed by atoms with Crippen LogP contribution in [0.15, 0.2) is 29.2 Å². The third-order valence-corrected chi connectivity index (χ3v) is 4.99. The van der Waals surface area contributed by atoms with Gasteiger partial charge in [0.05, 0.1) is 17.2 Å². The fourth-order valence-corrected chi connectivity index (χ4v) is 3.47. The largest absolute Gasteiger partial charge is 0.461 e. The molecule has 0 bridgehead atoms. The van der Waals surface area contributed by atoms with Crippen LogP contribution < -0.4 is 5.14 Å². The molecule has 0 saturated carbocycles. The summed E-state index contributed by atoms with van der Waals surface area (Å²) in [5.41, 5.74) is 2.95. The minimum Gasteiger partial charge on any atom is -0.461 e. The van der Waals surface area contributed by atoms with Gasteiger partial charge in [0.25, 0.3) is 0 Å². The average molecular weight is 349 g/mol. The summed E-state index contributed by atoms with van der Waals surface area (Å²) in [6.07, 6.45) is 3.64. The Morgan fingerprint density at radius 1 is 1.25 bits per heavy atom. The van der Waals surface area contributed by atoms with Crippen LogP contribution in [0.5, 0.6) is 0 Å². The van der Waals surface area contributed by atoms with Gasteiger partial charge in [0.15, 0.2) is 5.69 Å². The maximum Gasteiger partial charge on any atom is 0.359 e. The lowest BCUT2D eigenvalue weighted by Gasteiger charge is -2.14. The molecule has 0 saturated heterocycles. The Labute approximate surface area is 140 Å². The lowest BCUT2D eigenvalue weighted by atomic mass is 9.95. The standard InChI is InChI=1S/C16H19N3O4S/c1-2-23-16(20)15-13-5-3-4-6-14(13)19(18-15)11-7-9-12(10-8-11)24(17,21)22/h7-10H,2-6H2,1H3,(H2,17,21,22). The maximum atomic E-state index is 12.2. The fourth-order valence-electron chi connectivity index (χ4n) is 2.95. The third kappa shape index (κ3) is 3.07. The first-order chi connectivity index (χ1) is 11.4. The fraction of sp³-hybridized carbons (Fsp3) is 0.375. The first-order valence-corrected chi connectivity index (χ1v) is 9.37. The van der Waals surface area contributed by atoms with E-state index in [1.165, 1.54) is 12.1 Å². The highest BCUT2D eigenvalue weighted by atomic mass is 32.2. The number of hydrogen-bond acceptors (Lipinski definition) is 5. The number of benzene rings is 1. The molecule has 1 heterocycles. The van der Waals surface area contributed by atoms with Gasteiger partial charge in [-0.15, -0.1) is 0 Å². The summed E-state index contributed by atoms with van der Waals surface area (Å²) < 4.78 is 29.5.